The van der Waals surface area contributed by atoms with E-state index in [0.717, 1.165) is 25.4 Å². The highest BCUT2D eigenvalue weighted by Crippen LogP contribution is 2.32. The average molecular weight is 297 g/mol. The monoisotopic (exact) mass is 296 g/mol. The van der Waals surface area contributed by atoms with E-state index in [9.17, 15) is 0 Å². The van der Waals surface area contributed by atoms with Gasteiger partial charge >= 0.3 is 0 Å². The minimum Gasteiger partial charge on any atom is -0.327 e. The van der Waals surface area contributed by atoms with Gasteiger partial charge in [-0.15, -0.1) is 0 Å². The van der Waals surface area contributed by atoms with Crippen molar-refractivity contribution in [1.29, 1.82) is 0 Å². The van der Waals surface area contributed by atoms with Crippen LogP contribution in [0, 0.1) is 5.92 Å². The molecule has 1 aliphatic carbocycles. The summed E-state index contributed by atoms with van der Waals surface area (Å²) in [6.07, 6.45) is 3.80. The molecule has 1 fully saturated rings. The van der Waals surface area contributed by atoms with E-state index in [1.54, 1.807) is 0 Å². The lowest BCUT2D eigenvalue weighted by molar-refractivity contribution is 0.304. The van der Waals surface area contributed by atoms with Crippen molar-refractivity contribution in [3.63, 3.8) is 0 Å². The van der Waals surface area contributed by atoms with Gasteiger partial charge in [0, 0.05) is 17.1 Å². The van der Waals surface area contributed by atoms with Gasteiger partial charge < -0.3 is 10.6 Å². The zero-order valence-corrected chi connectivity index (χ0v) is 12.0. The van der Waals surface area contributed by atoms with Crippen LogP contribution in [0.3, 0.4) is 0 Å². The summed E-state index contributed by atoms with van der Waals surface area (Å²) in [4.78, 5) is 2.35. The molecule has 1 saturated carbocycles. The van der Waals surface area contributed by atoms with Crippen LogP contribution in [-0.2, 0) is 6.54 Å². The van der Waals surface area contributed by atoms with Crippen LogP contribution in [0.25, 0.3) is 0 Å². The third-order valence-corrected chi connectivity index (χ3v) is 4.24. The van der Waals surface area contributed by atoms with Crippen LogP contribution in [-0.4, -0.2) is 24.5 Å². The highest BCUT2D eigenvalue weighted by atomic mass is 79.9. The maximum Gasteiger partial charge on any atom is 0.0241 e. The van der Waals surface area contributed by atoms with Crippen molar-refractivity contribution in [3.8, 4) is 0 Å². The molecule has 0 bridgehead atoms. The van der Waals surface area contributed by atoms with Crippen LogP contribution in [0.2, 0.25) is 0 Å². The maximum atomic E-state index is 6.11. The molecule has 2 rings (SSSR count). The lowest BCUT2D eigenvalue weighted by atomic mass is 10.1. The van der Waals surface area contributed by atoms with Crippen molar-refractivity contribution in [3.05, 3.63) is 34.3 Å². The number of rotatable bonds is 6. The third-order valence-electron chi connectivity index (χ3n) is 3.47. The van der Waals surface area contributed by atoms with E-state index >= 15 is 0 Å². The molecule has 1 aliphatic rings. The first-order valence-corrected chi connectivity index (χ1v) is 7.13. The first kappa shape index (κ1) is 13.1. The van der Waals surface area contributed by atoms with Crippen LogP contribution >= 0.6 is 15.9 Å². The van der Waals surface area contributed by atoms with E-state index in [-0.39, 0.29) is 0 Å². The number of nitrogens with zero attached hydrogens (tertiary/aromatic N) is 1. The second-order valence-electron chi connectivity index (χ2n) is 5.12. The van der Waals surface area contributed by atoms with Crippen LogP contribution in [0.1, 0.15) is 24.8 Å². The largest absolute Gasteiger partial charge is 0.327 e. The summed E-state index contributed by atoms with van der Waals surface area (Å²) in [6.45, 7) is 2.07. The Kier molecular flexibility index (Phi) is 4.60. The normalized spacial score (nSPS) is 17.4. The van der Waals surface area contributed by atoms with Gasteiger partial charge in [-0.05, 0) is 50.4 Å². The topological polar surface area (TPSA) is 29.3 Å². The van der Waals surface area contributed by atoms with E-state index in [1.807, 2.05) is 0 Å². The molecule has 1 unspecified atom stereocenters. The molecule has 1 atom stereocenters. The number of hydrogen-bond donors (Lipinski definition) is 1. The Bertz CT molecular complexity index is 363. The van der Waals surface area contributed by atoms with Crippen LogP contribution < -0.4 is 5.73 Å². The first-order valence-electron chi connectivity index (χ1n) is 6.34. The van der Waals surface area contributed by atoms with Crippen molar-refractivity contribution in [2.75, 3.05) is 13.6 Å². The molecule has 1 aromatic carbocycles. The lowest BCUT2D eigenvalue weighted by Crippen LogP contribution is -2.29. The standard InChI is InChI=1S/C14H21BrN2/c1-17(9-8-14(16)11-6-7-11)10-12-4-2-3-5-13(12)15/h2-5,11,14H,6-10,16H2,1H3. The zero-order chi connectivity index (χ0) is 12.3. The van der Waals surface area contributed by atoms with Gasteiger partial charge in [-0.1, -0.05) is 34.1 Å². The molecule has 0 heterocycles. The smallest absolute Gasteiger partial charge is 0.0241 e. The Morgan fingerprint density at radius 2 is 2.12 bits per heavy atom. The SMILES string of the molecule is CN(CCC(N)C1CC1)Cc1ccccc1Br. The van der Waals surface area contributed by atoms with Crippen molar-refractivity contribution in [1.82, 2.24) is 4.90 Å². The average Bonchev–Trinajstić information content (AvgIpc) is 3.13. The van der Waals surface area contributed by atoms with Gasteiger partial charge in [0.05, 0.1) is 0 Å². The van der Waals surface area contributed by atoms with E-state index in [1.165, 1.54) is 22.9 Å². The van der Waals surface area contributed by atoms with Crippen molar-refractivity contribution in [2.24, 2.45) is 11.7 Å². The number of hydrogen-bond acceptors (Lipinski definition) is 2. The van der Waals surface area contributed by atoms with Gasteiger partial charge in [0.25, 0.3) is 0 Å². The Morgan fingerprint density at radius 1 is 1.41 bits per heavy atom. The summed E-state index contributed by atoms with van der Waals surface area (Å²) in [5, 5.41) is 0. The lowest BCUT2D eigenvalue weighted by Gasteiger charge is -2.19. The molecule has 2 nitrogen and oxygen atoms in total. The number of benzene rings is 1. The molecular formula is C14H21BrN2. The van der Waals surface area contributed by atoms with Crippen LogP contribution in [0.15, 0.2) is 28.7 Å². The van der Waals surface area contributed by atoms with Gasteiger partial charge in [-0.2, -0.15) is 0 Å². The molecule has 2 N–H and O–H groups in total. The fourth-order valence-electron chi connectivity index (χ4n) is 2.13. The van der Waals surface area contributed by atoms with E-state index in [4.69, 9.17) is 5.73 Å². The second-order valence-corrected chi connectivity index (χ2v) is 5.97. The summed E-state index contributed by atoms with van der Waals surface area (Å²) in [6, 6.07) is 8.82. The fourth-order valence-corrected chi connectivity index (χ4v) is 2.54. The summed E-state index contributed by atoms with van der Waals surface area (Å²) in [5.74, 6) is 0.812. The Labute approximate surface area is 112 Å². The van der Waals surface area contributed by atoms with E-state index < -0.39 is 0 Å². The minimum atomic E-state index is 0.414. The molecule has 17 heavy (non-hydrogen) atoms. The summed E-state index contributed by atoms with van der Waals surface area (Å²) in [5.41, 5.74) is 7.46. The van der Waals surface area contributed by atoms with Crippen molar-refractivity contribution in [2.45, 2.75) is 31.8 Å². The molecule has 0 radical (unpaired) electrons. The highest BCUT2D eigenvalue weighted by Gasteiger charge is 2.28. The molecule has 0 spiro atoms. The molecular weight excluding hydrogens is 276 g/mol. The predicted molar refractivity (Wildman–Crippen MR) is 75.8 cm³/mol. The first-order chi connectivity index (χ1) is 8.16. The molecule has 0 saturated heterocycles. The molecule has 0 aliphatic heterocycles. The Balaban J connectivity index is 1.76. The number of nitrogens with two attached hydrogens (primary N) is 1. The molecule has 3 heteroatoms. The fraction of sp³-hybridized carbons (Fsp3) is 0.571. The Hall–Kier alpha value is -0.380. The van der Waals surface area contributed by atoms with Crippen molar-refractivity contribution < 1.29 is 0 Å². The summed E-state index contributed by atoms with van der Waals surface area (Å²) < 4.78 is 1.19. The van der Waals surface area contributed by atoms with Gasteiger partial charge in [0.1, 0.15) is 0 Å². The van der Waals surface area contributed by atoms with Gasteiger partial charge in [-0.25, -0.2) is 0 Å². The highest BCUT2D eigenvalue weighted by molar-refractivity contribution is 9.10. The molecule has 0 aromatic heterocycles. The van der Waals surface area contributed by atoms with E-state index in [2.05, 4.69) is 52.1 Å². The van der Waals surface area contributed by atoms with Crippen LogP contribution in [0.5, 0.6) is 0 Å². The quantitative estimate of drug-likeness (QED) is 0.874. The maximum absolute atomic E-state index is 6.11. The summed E-state index contributed by atoms with van der Waals surface area (Å²) in [7, 11) is 2.17. The van der Waals surface area contributed by atoms with Gasteiger partial charge in [0.2, 0.25) is 0 Å². The van der Waals surface area contributed by atoms with Gasteiger partial charge in [-0.3, -0.25) is 0 Å². The second kappa shape index (κ2) is 5.98. The predicted octanol–water partition coefficient (Wildman–Crippen LogP) is 3.01. The molecule has 0 amide bonds. The zero-order valence-electron chi connectivity index (χ0n) is 10.4. The Morgan fingerprint density at radius 3 is 2.76 bits per heavy atom. The van der Waals surface area contributed by atoms with E-state index in [0.29, 0.717) is 6.04 Å². The minimum absolute atomic E-state index is 0.414. The van der Waals surface area contributed by atoms with Crippen LogP contribution in [0.4, 0.5) is 0 Å². The summed E-state index contributed by atoms with van der Waals surface area (Å²) >= 11 is 3.59. The third kappa shape index (κ3) is 4.09. The molecule has 94 valence electrons. The van der Waals surface area contributed by atoms with Crippen molar-refractivity contribution >= 4 is 15.9 Å². The number of halogens is 1. The molecule has 1 aromatic rings. The van der Waals surface area contributed by atoms with Gasteiger partial charge in [0.15, 0.2) is 0 Å².